The number of aryl methyl sites for hydroxylation is 1. The molecule has 1 N–H and O–H groups in total. The van der Waals surface area contributed by atoms with Gasteiger partial charge in [-0.05, 0) is 49.7 Å². The van der Waals surface area contributed by atoms with Crippen LogP contribution >= 0.6 is 22.7 Å². The Bertz CT molecular complexity index is 913. The average Bonchev–Trinajstić information content (AvgIpc) is 3.30. The number of rotatable bonds is 6. The Balaban J connectivity index is 1.52. The van der Waals surface area contributed by atoms with Crippen molar-refractivity contribution >= 4 is 34.6 Å². The van der Waals surface area contributed by atoms with Crippen molar-refractivity contribution in [3.05, 3.63) is 62.8 Å². The quantitative estimate of drug-likeness (QED) is 0.652. The number of esters is 1. The fourth-order valence-electron chi connectivity index (χ4n) is 2.40. The highest BCUT2D eigenvalue weighted by atomic mass is 32.1. The van der Waals surface area contributed by atoms with Gasteiger partial charge in [-0.3, -0.25) is 4.79 Å². The minimum absolute atomic E-state index is 0.159. The zero-order valence-corrected chi connectivity index (χ0v) is 16.1. The Morgan fingerprint density at radius 3 is 2.50 bits per heavy atom. The third-order valence-corrected chi connectivity index (χ3v) is 5.70. The summed E-state index contributed by atoms with van der Waals surface area (Å²) < 4.78 is 4.64. The van der Waals surface area contributed by atoms with Crippen LogP contribution in [-0.4, -0.2) is 30.5 Å². The first-order chi connectivity index (χ1) is 12.6. The molecule has 0 fully saturated rings. The molecule has 3 rings (SSSR count). The van der Waals surface area contributed by atoms with Gasteiger partial charge in [-0.15, -0.1) is 22.7 Å². The van der Waals surface area contributed by atoms with Gasteiger partial charge < -0.3 is 10.1 Å². The first kappa shape index (κ1) is 18.3. The Morgan fingerprint density at radius 1 is 1.12 bits per heavy atom. The lowest BCUT2D eigenvalue weighted by Gasteiger charge is -2.05. The third kappa shape index (κ3) is 4.36. The molecule has 0 saturated carbocycles. The first-order valence-corrected chi connectivity index (χ1v) is 9.74. The zero-order valence-electron chi connectivity index (χ0n) is 14.4. The number of thiophene rings is 1. The summed E-state index contributed by atoms with van der Waals surface area (Å²) in [5, 5.41) is 6.02. The van der Waals surface area contributed by atoms with Crippen molar-refractivity contribution in [3.8, 4) is 10.6 Å². The largest absolute Gasteiger partial charge is 0.465 e. The van der Waals surface area contributed by atoms with Crippen molar-refractivity contribution in [2.45, 2.75) is 13.3 Å². The smallest absolute Gasteiger partial charge is 0.337 e. The SMILES string of the molecule is COC(=O)c1ccc(C(=O)NCCc2ccc(-c3csc(C)n3)s2)cc1. The van der Waals surface area contributed by atoms with E-state index in [0.717, 1.165) is 22.0 Å². The summed E-state index contributed by atoms with van der Waals surface area (Å²) in [5.41, 5.74) is 1.95. The molecule has 1 aromatic carbocycles. The molecule has 2 heterocycles. The molecule has 0 saturated heterocycles. The maximum Gasteiger partial charge on any atom is 0.337 e. The van der Waals surface area contributed by atoms with E-state index in [0.29, 0.717) is 17.7 Å². The van der Waals surface area contributed by atoms with E-state index in [1.807, 2.05) is 6.92 Å². The lowest BCUT2D eigenvalue weighted by molar-refractivity contribution is 0.0600. The van der Waals surface area contributed by atoms with Gasteiger partial charge in [-0.2, -0.15) is 0 Å². The van der Waals surface area contributed by atoms with Crippen molar-refractivity contribution in [1.29, 1.82) is 0 Å². The van der Waals surface area contributed by atoms with E-state index < -0.39 is 5.97 Å². The molecule has 0 radical (unpaired) electrons. The molecule has 7 heteroatoms. The Kier molecular flexibility index (Phi) is 5.80. The minimum Gasteiger partial charge on any atom is -0.465 e. The summed E-state index contributed by atoms with van der Waals surface area (Å²) in [6.07, 6.45) is 0.764. The van der Waals surface area contributed by atoms with E-state index in [-0.39, 0.29) is 5.91 Å². The molecular formula is C19H18N2O3S2. The van der Waals surface area contributed by atoms with E-state index in [2.05, 4.69) is 32.6 Å². The number of nitrogens with one attached hydrogen (secondary N) is 1. The summed E-state index contributed by atoms with van der Waals surface area (Å²) >= 11 is 3.34. The van der Waals surface area contributed by atoms with E-state index in [1.54, 1.807) is 46.9 Å². The molecule has 1 amide bonds. The zero-order chi connectivity index (χ0) is 18.5. The molecule has 134 valence electrons. The van der Waals surface area contributed by atoms with Crippen LogP contribution in [0.25, 0.3) is 10.6 Å². The fraction of sp³-hybridized carbons (Fsp3) is 0.211. The molecular weight excluding hydrogens is 368 g/mol. The van der Waals surface area contributed by atoms with Crippen LogP contribution in [0.15, 0.2) is 41.8 Å². The van der Waals surface area contributed by atoms with E-state index in [4.69, 9.17) is 0 Å². The number of amides is 1. The van der Waals surface area contributed by atoms with Crippen molar-refractivity contribution in [1.82, 2.24) is 10.3 Å². The van der Waals surface area contributed by atoms with Crippen LogP contribution in [0.2, 0.25) is 0 Å². The van der Waals surface area contributed by atoms with Crippen molar-refractivity contribution in [2.24, 2.45) is 0 Å². The summed E-state index contributed by atoms with van der Waals surface area (Å²) in [6, 6.07) is 10.6. The molecule has 5 nitrogen and oxygen atoms in total. The lowest BCUT2D eigenvalue weighted by Crippen LogP contribution is -2.25. The normalized spacial score (nSPS) is 10.5. The second-order valence-corrected chi connectivity index (χ2v) is 7.82. The number of methoxy groups -OCH3 is 1. The van der Waals surface area contributed by atoms with Gasteiger partial charge in [-0.25, -0.2) is 9.78 Å². The van der Waals surface area contributed by atoms with Crippen molar-refractivity contribution in [2.75, 3.05) is 13.7 Å². The maximum absolute atomic E-state index is 12.2. The summed E-state index contributed by atoms with van der Waals surface area (Å²) in [6.45, 7) is 2.55. The molecule has 0 spiro atoms. The van der Waals surface area contributed by atoms with Gasteiger partial charge in [0.25, 0.3) is 5.91 Å². The highest BCUT2D eigenvalue weighted by Gasteiger charge is 2.10. The van der Waals surface area contributed by atoms with E-state index >= 15 is 0 Å². The summed E-state index contributed by atoms with van der Waals surface area (Å²) in [4.78, 5) is 30.4. The van der Waals surface area contributed by atoms with Crippen molar-refractivity contribution < 1.29 is 14.3 Å². The minimum atomic E-state index is -0.416. The number of nitrogens with zero attached hydrogens (tertiary/aromatic N) is 1. The highest BCUT2D eigenvalue weighted by Crippen LogP contribution is 2.29. The van der Waals surface area contributed by atoms with Gasteiger partial charge in [0.05, 0.1) is 28.3 Å². The number of ether oxygens (including phenoxy) is 1. The van der Waals surface area contributed by atoms with Crippen molar-refractivity contribution in [3.63, 3.8) is 0 Å². The number of carbonyl (C=O) groups excluding carboxylic acids is 2. The molecule has 0 aliphatic heterocycles. The van der Waals surface area contributed by atoms with Crippen LogP contribution in [0.3, 0.4) is 0 Å². The Morgan fingerprint density at radius 2 is 1.85 bits per heavy atom. The van der Waals surface area contributed by atoms with E-state index in [9.17, 15) is 9.59 Å². The van der Waals surface area contributed by atoms with Crippen LogP contribution in [0.1, 0.15) is 30.6 Å². The predicted molar refractivity (Wildman–Crippen MR) is 104 cm³/mol. The Labute approximate surface area is 159 Å². The average molecular weight is 386 g/mol. The molecule has 2 aromatic heterocycles. The Hall–Kier alpha value is -2.51. The highest BCUT2D eigenvalue weighted by molar-refractivity contribution is 7.16. The van der Waals surface area contributed by atoms with Crippen LogP contribution in [0.4, 0.5) is 0 Å². The molecule has 0 aliphatic carbocycles. The number of thiazole rings is 1. The monoisotopic (exact) mass is 386 g/mol. The third-order valence-electron chi connectivity index (χ3n) is 3.76. The first-order valence-electron chi connectivity index (χ1n) is 8.04. The maximum atomic E-state index is 12.2. The van der Waals surface area contributed by atoms with Gasteiger partial charge in [0.1, 0.15) is 0 Å². The van der Waals surface area contributed by atoms with Crippen LogP contribution in [-0.2, 0) is 11.2 Å². The number of hydrogen-bond acceptors (Lipinski definition) is 6. The van der Waals surface area contributed by atoms with Gasteiger partial charge in [-0.1, -0.05) is 0 Å². The summed E-state index contributed by atoms with van der Waals surface area (Å²) in [7, 11) is 1.33. The van der Waals surface area contributed by atoms with Gasteiger partial charge in [0.2, 0.25) is 0 Å². The van der Waals surface area contributed by atoms with E-state index in [1.165, 1.54) is 12.0 Å². The standard InChI is InChI=1S/C19H18N2O3S2/c1-12-21-16(11-25-12)17-8-7-15(26-17)9-10-20-18(22)13-3-5-14(6-4-13)19(23)24-2/h3-8,11H,9-10H2,1-2H3,(H,20,22). The van der Waals surface area contributed by atoms with Gasteiger partial charge in [0.15, 0.2) is 0 Å². The van der Waals surface area contributed by atoms with Crippen LogP contribution < -0.4 is 5.32 Å². The fourth-order valence-corrected chi connectivity index (χ4v) is 4.06. The lowest BCUT2D eigenvalue weighted by atomic mass is 10.1. The molecule has 0 unspecified atom stereocenters. The van der Waals surface area contributed by atoms with Gasteiger partial charge in [0, 0.05) is 22.4 Å². The molecule has 0 aliphatic rings. The predicted octanol–water partition coefficient (Wildman–Crippen LogP) is 3.94. The topological polar surface area (TPSA) is 68.3 Å². The molecule has 0 bridgehead atoms. The second-order valence-electron chi connectivity index (χ2n) is 5.59. The summed E-state index contributed by atoms with van der Waals surface area (Å²) in [5.74, 6) is -0.575. The number of hydrogen-bond donors (Lipinski definition) is 1. The van der Waals surface area contributed by atoms with Crippen LogP contribution in [0.5, 0.6) is 0 Å². The molecule has 3 aromatic rings. The van der Waals surface area contributed by atoms with Gasteiger partial charge >= 0.3 is 5.97 Å². The number of carbonyl (C=O) groups is 2. The number of benzene rings is 1. The molecule has 26 heavy (non-hydrogen) atoms. The second kappa shape index (κ2) is 8.25. The number of aromatic nitrogens is 1. The van der Waals surface area contributed by atoms with Crippen LogP contribution in [0, 0.1) is 6.92 Å². The molecule has 0 atom stereocenters.